The van der Waals surface area contributed by atoms with Crippen LogP contribution in [-0.4, -0.2) is 14.7 Å². The summed E-state index contributed by atoms with van der Waals surface area (Å²) in [7, 11) is -3.38. The van der Waals surface area contributed by atoms with Gasteiger partial charge in [0, 0.05) is 0 Å². The van der Waals surface area contributed by atoms with Gasteiger partial charge in [-0.1, -0.05) is 24.3 Å². The molecule has 0 saturated heterocycles. The van der Waals surface area contributed by atoms with E-state index >= 15 is 0 Å². The molecule has 0 aliphatic carbocycles. The molecular weight excluding hydrogens is 188 g/mol. The standard InChI is InChI=1S/C9H11O3S/c1-8(12-13(2,10)11)9-6-4-3-5-7-9/h4-8H,1-2H3. The molecule has 4 heteroatoms. The van der Waals surface area contributed by atoms with E-state index in [1.54, 1.807) is 31.2 Å². The Hall–Kier alpha value is -0.870. The minimum atomic E-state index is -3.38. The largest absolute Gasteiger partial charge is 0.264 e. The molecule has 0 fully saturated rings. The van der Waals surface area contributed by atoms with Crippen molar-refractivity contribution >= 4 is 10.1 Å². The molecule has 0 amide bonds. The van der Waals surface area contributed by atoms with Crippen LogP contribution in [0.5, 0.6) is 0 Å². The van der Waals surface area contributed by atoms with E-state index in [9.17, 15) is 8.42 Å². The highest BCUT2D eigenvalue weighted by atomic mass is 32.2. The van der Waals surface area contributed by atoms with Crippen molar-refractivity contribution in [1.29, 1.82) is 0 Å². The second-order valence-electron chi connectivity index (χ2n) is 2.78. The Kier molecular flexibility index (Phi) is 3.06. The molecule has 1 unspecified atom stereocenters. The SMILES string of the molecule is CC(OS(C)(=O)=O)c1cc[c]cc1. The van der Waals surface area contributed by atoms with Crippen molar-refractivity contribution in [2.45, 2.75) is 13.0 Å². The zero-order valence-corrected chi connectivity index (χ0v) is 8.34. The van der Waals surface area contributed by atoms with E-state index in [4.69, 9.17) is 4.18 Å². The average molecular weight is 199 g/mol. The van der Waals surface area contributed by atoms with Gasteiger partial charge in [0.1, 0.15) is 0 Å². The number of hydrogen-bond acceptors (Lipinski definition) is 3. The molecule has 0 heterocycles. The molecule has 1 radical (unpaired) electrons. The zero-order valence-electron chi connectivity index (χ0n) is 7.52. The molecule has 1 aromatic rings. The van der Waals surface area contributed by atoms with Crippen LogP contribution in [0.2, 0.25) is 0 Å². The predicted molar refractivity (Wildman–Crippen MR) is 49.6 cm³/mol. The molecule has 1 atom stereocenters. The van der Waals surface area contributed by atoms with Crippen LogP contribution in [0.1, 0.15) is 18.6 Å². The van der Waals surface area contributed by atoms with Gasteiger partial charge >= 0.3 is 0 Å². The smallest absolute Gasteiger partial charge is 0.262 e. The second-order valence-corrected chi connectivity index (χ2v) is 4.38. The first-order valence-corrected chi connectivity index (χ1v) is 5.65. The monoisotopic (exact) mass is 199 g/mol. The first-order chi connectivity index (χ1) is 5.99. The lowest BCUT2D eigenvalue weighted by atomic mass is 10.1. The van der Waals surface area contributed by atoms with E-state index in [-0.39, 0.29) is 0 Å². The van der Waals surface area contributed by atoms with Gasteiger partial charge in [-0.05, 0) is 18.6 Å². The fraction of sp³-hybridized carbons (Fsp3) is 0.333. The summed E-state index contributed by atoms with van der Waals surface area (Å²) in [5.41, 5.74) is 0.823. The number of benzene rings is 1. The van der Waals surface area contributed by atoms with Crippen LogP contribution in [0.15, 0.2) is 24.3 Å². The summed E-state index contributed by atoms with van der Waals surface area (Å²) in [4.78, 5) is 0. The van der Waals surface area contributed by atoms with Crippen LogP contribution < -0.4 is 0 Å². The molecule has 13 heavy (non-hydrogen) atoms. The highest BCUT2D eigenvalue weighted by molar-refractivity contribution is 7.86. The molecule has 1 aromatic carbocycles. The zero-order chi connectivity index (χ0) is 9.90. The van der Waals surface area contributed by atoms with Gasteiger partial charge in [0.15, 0.2) is 0 Å². The minimum Gasteiger partial charge on any atom is -0.262 e. The van der Waals surface area contributed by atoms with Gasteiger partial charge in [0.25, 0.3) is 10.1 Å². The van der Waals surface area contributed by atoms with Crippen LogP contribution in [0.3, 0.4) is 0 Å². The lowest BCUT2D eigenvalue weighted by Gasteiger charge is -2.10. The highest BCUT2D eigenvalue weighted by Crippen LogP contribution is 2.17. The molecule has 0 N–H and O–H groups in total. The van der Waals surface area contributed by atoms with Crippen LogP contribution in [-0.2, 0) is 14.3 Å². The van der Waals surface area contributed by atoms with Gasteiger partial charge in [-0.2, -0.15) is 8.42 Å². The maximum absolute atomic E-state index is 10.8. The summed E-state index contributed by atoms with van der Waals surface area (Å²) in [6.45, 7) is 1.69. The third-order valence-electron chi connectivity index (χ3n) is 1.53. The van der Waals surface area contributed by atoms with Crippen molar-refractivity contribution in [3.8, 4) is 0 Å². The van der Waals surface area contributed by atoms with E-state index in [1.807, 2.05) is 0 Å². The van der Waals surface area contributed by atoms with Crippen LogP contribution in [0.25, 0.3) is 0 Å². The first-order valence-electron chi connectivity index (χ1n) is 3.83. The second kappa shape index (κ2) is 3.89. The van der Waals surface area contributed by atoms with Crippen molar-refractivity contribution in [2.24, 2.45) is 0 Å². The third-order valence-corrected chi connectivity index (χ3v) is 2.17. The summed E-state index contributed by atoms with van der Waals surface area (Å²) >= 11 is 0. The molecule has 0 aliphatic rings. The normalized spacial score (nSPS) is 14.0. The van der Waals surface area contributed by atoms with E-state index in [0.29, 0.717) is 0 Å². The van der Waals surface area contributed by atoms with Gasteiger partial charge in [-0.15, -0.1) is 0 Å². The van der Waals surface area contributed by atoms with Crippen LogP contribution in [0.4, 0.5) is 0 Å². The quantitative estimate of drug-likeness (QED) is 0.693. The van der Waals surface area contributed by atoms with Crippen molar-refractivity contribution in [1.82, 2.24) is 0 Å². The average Bonchev–Trinajstić information content (AvgIpc) is 2.03. The van der Waals surface area contributed by atoms with Gasteiger partial charge in [0.2, 0.25) is 0 Å². The van der Waals surface area contributed by atoms with Crippen LogP contribution >= 0.6 is 0 Å². The highest BCUT2D eigenvalue weighted by Gasteiger charge is 2.11. The van der Waals surface area contributed by atoms with Crippen molar-refractivity contribution in [3.63, 3.8) is 0 Å². The van der Waals surface area contributed by atoms with Gasteiger partial charge < -0.3 is 0 Å². The number of hydrogen-bond donors (Lipinski definition) is 0. The predicted octanol–water partition coefficient (Wildman–Crippen LogP) is 1.52. The Morgan fingerprint density at radius 3 is 2.38 bits per heavy atom. The molecule has 0 saturated carbocycles. The third kappa shape index (κ3) is 3.57. The molecule has 0 aliphatic heterocycles. The summed E-state index contributed by atoms with van der Waals surface area (Å²) in [5.74, 6) is 0. The van der Waals surface area contributed by atoms with E-state index in [0.717, 1.165) is 11.8 Å². The Balaban J connectivity index is 2.76. The van der Waals surface area contributed by atoms with Crippen molar-refractivity contribution < 1.29 is 12.6 Å². The van der Waals surface area contributed by atoms with Gasteiger partial charge in [0.05, 0.1) is 12.4 Å². The van der Waals surface area contributed by atoms with E-state index < -0.39 is 16.2 Å². The molecule has 3 nitrogen and oxygen atoms in total. The van der Waals surface area contributed by atoms with Gasteiger partial charge in [-0.3, -0.25) is 4.18 Å². The molecule has 0 bridgehead atoms. The molecule has 1 rings (SSSR count). The maximum Gasteiger partial charge on any atom is 0.264 e. The Morgan fingerprint density at radius 2 is 1.92 bits per heavy atom. The van der Waals surface area contributed by atoms with Gasteiger partial charge in [-0.25, -0.2) is 0 Å². The van der Waals surface area contributed by atoms with Crippen LogP contribution in [0, 0.1) is 6.07 Å². The Labute approximate surface area is 78.5 Å². The van der Waals surface area contributed by atoms with Crippen molar-refractivity contribution in [3.05, 3.63) is 35.9 Å². The first kappa shape index (κ1) is 10.2. The molecule has 0 spiro atoms. The summed E-state index contributed by atoms with van der Waals surface area (Å²) < 4.78 is 26.4. The Bertz CT molecular complexity index is 356. The fourth-order valence-corrected chi connectivity index (χ4v) is 1.62. The van der Waals surface area contributed by atoms with E-state index in [1.165, 1.54) is 0 Å². The molecule has 0 aromatic heterocycles. The topological polar surface area (TPSA) is 43.4 Å². The molecular formula is C9H11O3S. The maximum atomic E-state index is 10.8. The molecule has 71 valence electrons. The Morgan fingerprint density at radius 1 is 1.38 bits per heavy atom. The summed E-state index contributed by atoms with van der Waals surface area (Å²) in [6.07, 6.45) is 0.600. The lowest BCUT2D eigenvalue weighted by molar-refractivity contribution is 0.237. The summed E-state index contributed by atoms with van der Waals surface area (Å²) in [5, 5.41) is 0. The number of rotatable bonds is 3. The minimum absolute atomic E-state index is 0.440. The fourth-order valence-electron chi connectivity index (χ4n) is 0.989. The van der Waals surface area contributed by atoms with E-state index in [2.05, 4.69) is 6.07 Å². The summed E-state index contributed by atoms with van der Waals surface area (Å²) in [6, 6.07) is 9.83. The van der Waals surface area contributed by atoms with Crippen molar-refractivity contribution in [2.75, 3.05) is 6.26 Å². The lowest BCUT2D eigenvalue weighted by Crippen LogP contribution is -2.07.